The number of carbonyl (C=O) groups excluding carboxylic acids is 1. The maximum Gasteiger partial charge on any atom is 0.258 e. The number of ether oxygens (including phenoxy) is 1. The van der Waals surface area contributed by atoms with E-state index >= 15 is 0 Å². The molecule has 4 heteroatoms. The van der Waals surface area contributed by atoms with Gasteiger partial charge in [-0.15, -0.1) is 0 Å². The Bertz CT molecular complexity index is 497. The van der Waals surface area contributed by atoms with Gasteiger partial charge in [0.1, 0.15) is 5.75 Å². The highest BCUT2D eigenvalue weighted by molar-refractivity contribution is 5.78. The van der Waals surface area contributed by atoms with Crippen molar-refractivity contribution in [2.75, 3.05) is 6.61 Å². The molecule has 0 saturated carbocycles. The maximum atomic E-state index is 11.9. The van der Waals surface area contributed by atoms with E-state index in [1.165, 1.54) is 0 Å². The first kappa shape index (κ1) is 14.9. The smallest absolute Gasteiger partial charge is 0.258 e. The van der Waals surface area contributed by atoms with Crippen LogP contribution in [0.25, 0.3) is 0 Å². The topological polar surface area (TPSA) is 64.3 Å². The summed E-state index contributed by atoms with van der Waals surface area (Å²) < 4.78 is 5.68. The van der Waals surface area contributed by atoms with Crippen LogP contribution in [0.4, 0.5) is 0 Å². The van der Waals surface area contributed by atoms with Gasteiger partial charge in [-0.25, -0.2) is 0 Å². The van der Waals surface area contributed by atoms with Crippen molar-refractivity contribution < 1.29 is 9.53 Å². The molecule has 1 amide bonds. The summed E-state index contributed by atoms with van der Waals surface area (Å²) in [6.07, 6.45) is 2.76. The van der Waals surface area contributed by atoms with Gasteiger partial charge in [-0.05, 0) is 50.3 Å². The van der Waals surface area contributed by atoms with Gasteiger partial charge in [-0.3, -0.25) is 4.79 Å². The maximum absolute atomic E-state index is 11.9. The molecule has 0 fully saturated rings. The Kier molecular flexibility index (Phi) is 4.33. The lowest BCUT2D eigenvalue weighted by Crippen LogP contribution is -2.44. The summed E-state index contributed by atoms with van der Waals surface area (Å²) in [6, 6.07) is 5.99. The minimum atomic E-state index is -0.193. The van der Waals surface area contributed by atoms with Crippen LogP contribution in [0.3, 0.4) is 0 Å². The summed E-state index contributed by atoms with van der Waals surface area (Å²) in [6.45, 7) is 6.11. The summed E-state index contributed by atoms with van der Waals surface area (Å²) in [7, 11) is 0. The third-order valence-corrected chi connectivity index (χ3v) is 3.99. The van der Waals surface area contributed by atoms with E-state index in [1.807, 2.05) is 39.0 Å². The lowest BCUT2D eigenvalue weighted by Gasteiger charge is -2.24. The van der Waals surface area contributed by atoms with E-state index < -0.39 is 0 Å². The molecule has 110 valence electrons. The number of benzene rings is 1. The van der Waals surface area contributed by atoms with Gasteiger partial charge in [0.15, 0.2) is 6.61 Å². The highest BCUT2D eigenvalue weighted by Gasteiger charge is 2.23. The van der Waals surface area contributed by atoms with Crippen molar-refractivity contribution in [1.29, 1.82) is 0 Å². The molecule has 1 unspecified atom stereocenters. The Balaban J connectivity index is 1.97. The molecule has 1 atom stereocenters. The molecule has 0 aromatic heterocycles. The van der Waals surface area contributed by atoms with Gasteiger partial charge in [-0.1, -0.05) is 19.1 Å². The summed E-state index contributed by atoms with van der Waals surface area (Å²) >= 11 is 0. The van der Waals surface area contributed by atoms with Crippen LogP contribution in [-0.2, 0) is 11.2 Å². The van der Waals surface area contributed by atoms with Crippen molar-refractivity contribution in [3.63, 3.8) is 0 Å². The molecule has 1 aromatic carbocycles. The molecule has 0 spiro atoms. The van der Waals surface area contributed by atoms with Crippen molar-refractivity contribution in [1.82, 2.24) is 5.32 Å². The van der Waals surface area contributed by atoms with Crippen molar-refractivity contribution >= 4 is 5.91 Å². The second-order valence-electron chi connectivity index (χ2n) is 6.04. The van der Waals surface area contributed by atoms with Gasteiger partial charge < -0.3 is 15.8 Å². The molecule has 1 aliphatic carbocycles. The molecule has 0 bridgehead atoms. The Morgan fingerprint density at radius 3 is 2.95 bits per heavy atom. The zero-order chi connectivity index (χ0) is 14.8. The molecule has 2 rings (SSSR count). The first-order valence-corrected chi connectivity index (χ1v) is 7.24. The minimum Gasteiger partial charge on any atom is -0.483 e. The highest BCUT2D eigenvalue weighted by atomic mass is 16.5. The number of carbonyl (C=O) groups is 1. The molecule has 1 aromatic rings. The molecular formula is C16H24N2O2. The van der Waals surface area contributed by atoms with E-state index in [9.17, 15) is 4.79 Å². The van der Waals surface area contributed by atoms with Crippen LogP contribution in [0.15, 0.2) is 18.2 Å². The van der Waals surface area contributed by atoms with Gasteiger partial charge >= 0.3 is 0 Å². The molecule has 20 heavy (non-hydrogen) atoms. The number of rotatable bonds is 5. The zero-order valence-corrected chi connectivity index (χ0v) is 12.5. The third kappa shape index (κ3) is 3.31. The molecule has 1 aliphatic rings. The van der Waals surface area contributed by atoms with Gasteiger partial charge in [0, 0.05) is 11.6 Å². The van der Waals surface area contributed by atoms with Crippen LogP contribution in [-0.4, -0.2) is 18.1 Å². The molecule has 0 radical (unpaired) electrons. The van der Waals surface area contributed by atoms with E-state index in [1.54, 1.807) is 0 Å². The van der Waals surface area contributed by atoms with Gasteiger partial charge in [0.05, 0.1) is 0 Å². The fraction of sp³-hybridized carbons (Fsp3) is 0.562. The van der Waals surface area contributed by atoms with Crippen molar-refractivity contribution in [2.24, 2.45) is 5.73 Å². The van der Waals surface area contributed by atoms with E-state index in [-0.39, 0.29) is 24.1 Å². The lowest BCUT2D eigenvalue weighted by molar-refractivity contribution is -0.124. The standard InChI is InChI=1S/C16H24N2O2/c1-4-16(2,3)18-15(19)10-20-14-7-5-6-11-12(14)8-9-13(11)17/h5-7,13H,4,8-10,17H2,1-3H3,(H,18,19). The van der Waals surface area contributed by atoms with Crippen LogP contribution in [0.2, 0.25) is 0 Å². The molecule has 0 heterocycles. The fourth-order valence-electron chi connectivity index (χ4n) is 2.43. The zero-order valence-electron chi connectivity index (χ0n) is 12.5. The van der Waals surface area contributed by atoms with E-state index in [2.05, 4.69) is 5.32 Å². The van der Waals surface area contributed by atoms with E-state index in [0.29, 0.717) is 0 Å². The third-order valence-electron chi connectivity index (χ3n) is 3.99. The monoisotopic (exact) mass is 276 g/mol. The number of nitrogens with two attached hydrogens (primary N) is 1. The number of nitrogens with one attached hydrogen (secondary N) is 1. The molecule has 4 nitrogen and oxygen atoms in total. The average molecular weight is 276 g/mol. The number of hydrogen-bond donors (Lipinski definition) is 2. The summed E-state index contributed by atoms with van der Waals surface area (Å²) in [5, 5.41) is 2.96. The van der Waals surface area contributed by atoms with Gasteiger partial charge in [0.25, 0.3) is 5.91 Å². The van der Waals surface area contributed by atoms with Crippen LogP contribution in [0, 0.1) is 0 Å². The second-order valence-corrected chi connectivity index (χ2v) is 6.04. The first-order valence-electron chi connectivity index (χ1n) is 7.24. The lowest BCUT2D eigenvalue weighted by atomic mass is 10.0. The molecular weight excluding hydrogens is 252 g/mol. The van der Waals surface area contributed by atoms with Crippen molar-refractivity contribution in [2.45, 2.75) is 51.6 Å². The predicted octanol–water partition coefficient (Wildman–Crippen LogP) is 2.32. The largest absolute Gasteiger partial charge is 0.483 e. The Morgan fingerprint density at radius 2 is 2.25 bits per heavy atom. The van der Waals surface area contributed by atoms with Crippen LogP contribution >= 0.6 is 0 Å². The van der Waals surface area contributed by atoms with Crippen LogP contribution in [0.1, 0.15) is 50.8 Å². The van der Waals surface area contributed by atoms with Crippen molar-refractivity contribution in [3.05, 3.63) is 29.3 Å². The number of hydrogen-bond acceptors (Lipinski definition) is 3. The molecule has 0 aliphatic heterocycles. The second kappa shape index (κ2) is 5.83. The quantitative estimate of drug-likeness (QED) is 0.867. The summed E-state index contributed by atoms with van der Waals surface area (Å²) in [5.74, 6) is 0.705. The first-order chi connectivity index (χ1) is 9.43. The number of amides is 1. The molecule has 3 N–H and O–H groups in total. The minimum absolute atomic E-state index is 0.0507. The predicted molar refractivity (Wildman–Crippen MR) is 79.7 cm³/mol. The SMILES string of the molecule is CCC(C)(C)NC(=O)COc1cccc2c1CCC2N. The Morgan fingerprint density at radius 1 is 1.50 bits per heavy atom. The Hall–Kier alpha value is -1.55. The van der Waals surface area contributed by atoms with Gasteiger partial charge in [0.2, 0.25) is 0 Å². The van der Waals surface area contributed by atoms with E-state index in [4.69, 9.17) is 10.5 Å². The normalized spacial score (nSPS) is 17.7. The van der Waals surface area contributed by atoms with Gasteiger partial charge in [-0.2, -0.15) is 0 Å². The summed E-state index contributed by atoms with van der Waals surface area (Å²) in [5.41, 5.74) is 8.15. The number of fused-ring (bicyclic) bond motifs is 1. The van der Waals surface area contributed by atoms with Crippen LogP contribution < -0.4 is 15.8 Å². The van der Waals surface area contributed by atoms with E-state index in [0.717, 1.165) is 36.1 Å². The summed E-state index contributed by atoms with van der Waals surface area (Å²) in [4.78, 5) is 11.9. The van der Waals surface area contributed by atoms with Crippen molar-refractivity contribution in [3.8, 4) is 5.75 Å². The highest BCUT2D eigenvalue weighted by Crippen LogP contribution is 2.35. The average Bonchev–Trinajstić information content (AvgIpc) is 2.78. The molecule has 0 saturated heterocycles. The fourth-order valence-corrected chi connectivity index (χ4v) is 2.43. The van der Waals surface area contributed by atoms with Crippen LogP contribution in [0.5, 0.6) is 5.75 Å². The Labute approximate surface area is 120 Å².